The van der Waals surface area contributed by atoms with E-state index in [0.717, 1.165) is 12.8 Å². The number of ether oxygens (including phenoxy) is 1. The molecule has 4 aliphatic rings. The van der Waals surface area contributed by atoms with E-state index in [4.69, 9.17) is 4.74 Å². The quantitative estimate of drug-likeness (QED) is 0.690. The van der Waals surface area contributed by atoms with Crippen LogP contribution >= 0.6 is 0 Å². The number of Topliss-reactive ketones (excluding diaryl/α,β-unsaturated/α-hetero) is 1. The van der Waals surface area contributed by atoms with Gasteiger partial charge in [-0.05, 0) is 37.0 Å². The third-order valence-electron chi connectivity index (χ3n) is 5.62. The SMILES string of the molecule is CCOC(=O)C1CC12C(=O)C[C@H]1C[C@@H]2C1(C)C. The van der Waals surface area contributed by atoms with Crippen LogP contribution in [0.2, 0.25) is 0 Å². The van der Waals surface area contributed by atoms with Gasteiger partial charge in [-0.3, -0.25) is 9.59 Å². The van der Waals surface area contributed by atoms with Crippen LogP contribution in [0, 0.1) is 28.6 Å². The van der Waals surface area contributed by atoms with Gasteiger partial charge in [0.2, 0.25) is 0 Å². The van der Waals surface area contributed by atoms with Gasteiger partial charge in [-0.25, -0.2) is 0 Å². The third-order valence-corrected chi connectivity index (χ3v) is 5.62. The van der Waals surface area contributed by atoms with Gasteiger partial charge in [-0.1, -0.05) is 13.8 Å². The molecule has 3 heteroatoms. The Hall–Kier alpha value is -0.860. The minimum Gasteiger partial charge on any atom is -0.466 e. The summed E-state index contributed by atoms with van der Waals surface area (Å²) < 4.78 is 5.08. The second-order valence-electron chi connectivity index (χ2n) is 6.48. The zero-order valence-electron chi connectivity index (χ0n) is 10.8. The second kappa shape index (κ2) is 3.12. The third kappa shape index (κ3) is 1.18. The van der Waals surface area contributed by atoms with Crippen LogP contribution < -0.4 is 0 Å². The molecule has 0 radical (unpaired) electrons. The molecule has 0 amide bonds. The summed E-state index contributed by atoms with van der Waals surface area (Å²) in [4.78, 5) is 24.0. The molecule has 1 spiro atoms. The molecule has 4 rings (SSSR count). The summed E-state index contributed by atoms with van der Waals surface area (Å²) in [7, 11) is 0. The number of hydrogen-bond acceptors (Lipinski definition) is 3. The highest BCUT2D eigenvalue weighted by molar-refractivity contribution is 5.97. The Bertz CT molecular complexity index is 398. The minimum absolute atomic E-state index is 0.138. The number of esters is 1. The van der Waals surface area contributed by atoms with Crippen molar-refractivity contribution in [1.29, 1.82) is 0 Å². The average molecular weight is 236 g/mol. The van der Waals surface area contributed by atoms with Crippen molar-refractivity contribution in [2.75, 3.05) is 6.61 Å². The molecule has 0 saturated heterocycles. The zero-order chi connectivity index (χ0) is 12.4. The highest BCUT2D eigenvalue weighted by atomic mass is 16.5. The molecule has 17 heavy (non-hydrogen) atoms. The van der Waals surface area contributed by atoms with Crippen LogP contribution in [0.25, 0.3) is 0 Å². The van der Waals surface area contributed by atoms with E-state index in [1.807, 2.05) is 6.92 Å². The lowest BCUT2D eigenvalue weighted by Gasteiger charge is -2.60. The largest absolute Gasteiger partial charge is 0.466 e. The lowest BCUT2D eigenvalue weighted by atomic mass is 9.43. The van der Waals surface area contributed by atoms with Crippen molar-refractivity contribution < 1.29 is 14.3 Å². The van der Waals surface area contributed by atoms with Gasteiger partial charge in [-0.15, -0.1) is 0 Å². The van der Waals surface area contributed by atoms with Crippen molar-refractivity contribution in [3.05, 3.63) is 0 Å². The standard InChI is InChI=1S/C14H20O3/c1-4-17-12(16)9-7-14(9)10-5-8(6-11(14)15)13(10,2)3/h8-10H,4-7H2,1-3H3/t8-,9?,10-,14?/m1/s1. The van der Waals surface area contributed by atoms with Gasteiger partial charge >= 0.3 is 5.97 Å². The van der Waals surface area contributed by atoms with Crippen LogP contribution in [0.15, 0.2) is 0 Å². The fourth-order valence-electron chi connectivity index (χ4n) is 4.35. The molecule has 0 aliphatic heterocycles. The molecule has 0 N–H and O–H groups in total. The Morgan fingerprint density at radius 3 is 2.76 bits per heavy atom. The molecular formula is C14H20O3. The maximum atomic E-state index is 12.2. The summed E-state index contributed by atoms with van der Waals surface area (Å²) in [6.45, 7) is 6.73. The average Bonchev–Trinajstić information content (AvgIpc) is 2.98. The molecule has 3 nitrogen and oxygen atoms in total. The van der Waals surface area contributed by atoms with E-state index in [-0.39, 0.29) is 22.7 Å². The van der Waals surface area contributed by atoms with Crippen molar-refractivity contribution in [2.45, 2.75) is 40.0 Å². The lowest BCUT2D eigenvalue weighted by Crippen LogP contribution is -2.58. The normalized spacial score (nSPS) is 45.4. The van der Waals surface area contributed by atoms with Gasteiger partial charge in [0, 0.05) is 11.8 Å². The Morgan fingerprint density at radius 2 is 2.18 bits per heavy atom. The van der Waals surface area contributed by atoms with Gasteiger partial charge in [0.05, 0.1) is 12.5 Å². The molecule has 0 aromatic carbocycles. The number of ketones is 1. The summed E-state index contributed by atoms with van der Waals surface area (Å²) in [5.74, 6) is 1.00. The zero-order valence-corrected chi connectivity index (χ0v) is 10.8. The Kier molecular flexibility index (Phi) is 2.06. The molecule has 4 aliphatic carbocycles. The van der Waals surface area contributed by atoms with Crippen LogP contribution in [-0.2, 0) is 14.3 Å². The molecule has 0 heterocycles. The van der Waals surface area contributed by atoms with Crippen molar-refractivity contribution in [2.24, 2.45) is 28.6 Å². The highest BCUT2D eigenvalue weighted by Gasteiger charge is 2.76. The maximum absolute atomic E-state index is 12.2. The fourth-order valence-corrected chi connectivity index (χ4v) is 4.35. The van der Waals surface area contributed by atoms with Crippen LogP contribution in [-0.4, -0.2) is 18.4 Å². The second-order valence-corrected chi connectivity index (χ2v) is 6.48. The molecule has 2 unspecified atom stereocenters. The van der Waals surface area contributed by atoms with E-state index < -0.39 is 0 Å². The Morgan fingerprint density at radius 1 is 1.47 bits per heavy atom. The number of rotatable bonds is 2. The summed E-state index contributed by atoms with van der Waals surface area (Å²) in [6.07, 6.45) is 2.56. The predicted molar refractivity (Wildman–Crippen MR) is 62.2 cm³/mol. The van der Waals surface area contributed by atoms with Crippen molar-refractivity contribution in [3.63, 3.8) is 0 Å². The molecule has 2 bridgehead atoms. The minimum atomic E-state index is -0.329. The monoisotopic (exact) mass is 236 g/mol. The van der Waals surface area contributed by atoms with Crippen molar-refractivity contribution in [1.82, 2.24) is 0 Å². The van der Waals surface area contributed by atoms with Crippen LogP contribution in [0.4, 0.5) is 0 Å². The Labute approximate surface area is 102 Å². The van der Waals surface area contributed by atoms with E-state index in [2.05, 4.69) is 13.8 Å². The first-order valence-electron chi connectivity index (χ1n) is 6.64. The van der Waals surface area contributed by atoms with Crippen molar-refractivity contribution in [3.8, 4) is 0 Å². The van der Waals surface area contributed by atoms with E-state index in [0.29, 0.717) is 30.6 Å². The molecule has 94 valence electrons. The van der Waals surface area contributed by atoms with Gasteiger partial charge in [0.15, 0.2) is 0 Å². The molecular weight excluding hydrogens is 216 g/mol. The summed E-state index contributed by atoms with van der Waals surface area (Å²) in [6, 6.07) is 0. The first kappa shape index (κ1) is 11.2. The first-order valence-corrected chi connectivity index (χ1v) is 6.64. The van der Waals surface area contributed by atoms with E-state index in [1.165, 1.54) is 0 Å². The van der Waals surface area contributed by atoms with E-state index in [1.54, 1.807) is 0 Å². The highest BCUT2D eigenvalue weighted by Crippen LogP contribution is 2.75. The summed E-state index contributed by atoms with van der Waals surface area (Å²) in [5.41, 5.74) is -0.0837. The molecule has 4 fully saturated rings. The lowest BCUT2D eigenvalue weighted by molar-refractivity contribution is -0.167. The van der Waals surface area contributed by atoms with Crippen molar-refractivity contribution >= 4 is 11.8 Å². The molecule has 4 atom stereocenters. The maximum Gasteiger partial charge on any atom is 0.309 e. The number of carbonyl (C=O) groups excluding carboxylic acids is 2. The number of fused-ring (bicyclic) bond motifs is 1. The fraction of sp³-hybridized carbons (Fsp3) is 0.857. The van der Waals surface area contributed by atoms with Crippen LogP contribution in [0.1, 0.15) is 40.0 Å². The first-order chi connectivity index (χ1) is 7.94. The van der Waals surface area contributed by atoms with Crippen LogP contribution in [0.3, 0.4) is 0 Å². The van der Waals surface area contributed by atoms with E-state index in [9.17, 15) is 9.59 Å². The summed E-state index contributed by atoms with van der Waals surface area (Å²) >= 11 is 0. The van der Waals surface area contributed by atoms with Gasteiger partial charge in [-0.2, -0.15) is 0 Å². The smallest absolute Gasteiger partial charge is 0.309 e. The summed E-state index contributed by atoms with van der Waals surface area (Å²) in [5, 5.41) is 0. The predicted octanol–water partition coefficient (Wildman–Crippen LogP) is 2.19. The molecule has 0 aromatic rings. The van der Waals surface area contributed by atoms with Gasteiger partial charge in [0.1, 0.15) is 5.78 Å². The van der Waals surface area contributed by atoms with E-state index >= 15 is 0 Å². The van der Waals surface area contributed by atoms with Crippen LogP contribution in [0.5, 0.6) is 0 Å². The van der Waals surface area contributed by atoms with Gasteiger partial charge < -0.3 is 4.74 Å². The Balaban J connectivity index is 1.84. The molecule has 4 saturated carbocycles. The number of hydrogen-bond donors (Lipinski definition) is 0. The molecule has 0 aromatic heterocycles. The van der Waals surface area contributed by atoms with Gasteiger partial charge in [0.25, 0.3) is 0 Å². The number of carbonyl (C=O) groups is 2. The topological polar surface area (TPSA) is 43.4 Å².